The molecule has 7 nitrogen and oxygen atoms in total. The number of halogens is 1. The molecule has 2 aromatic rings. The molecule has 0 aromatic heterocycles. The summed E-state index contributed by atoms with van der Waals surface area (Å²) >= 11 is 5.97. The average Bonchev–Trinajstić information content (AvgIpc) is 2.56. The summed E-state index contributed by atoms with van der Waals surface area (Å²) in [6, 6.07) is 8.20. The second-order valence-electron chi connectivity index (χ2n) is 5.09. The molecule has 0 amide bonds. The fourth-order valence-corrected chi connectivity index (χ4v) is 4.24. The van der Waals surface area contributed by atoms with Gasteiger partial charge in [-0.25, -0.2) is 21.6 Å². The predicted octanol–water partition coefficient (Wildman–Crippen LogP) is 2.37. The maximum absolute atomic E-state index is 12.6. The molecule has 0 saturated carbocycles. The number of nitrogens with one attached hydrogen (secondary N) is 2. The highest BCUT2D eigenvalue weighted by Gasteiger charge is 2.19. The largest absolute Gasteiger partial charge is 0.495 e. The molecule has 0 atom stereocenters. The molecule has 2 N–H and O–H groups in total. The van der Waals surface area contributed by atoms with Crippen LogP contribution in [-0.2, 0) is 20.0 Å². The molecule has 0 unspecified atom stereocenters. The molecule has 0 saturated heterocycles. The standard InChI is InChI=1S/C15H17ClN2O5S2/c1-10-4-5-12(24(19,20)17-2)9-14(10)18-25(21,22)11-6-7-15(23-3)13(16)8-11/h4-9,17-18H,1-3H3. The first-order valence-electron chi connectivity index (χ1n) is 7.01. The molecule has 2 rings (SSSR count). The van der Waals surface area contributed by atoms with E-state index in [0.717, 1.165) is 0 Å². The Kier molecular flexibility index (Phi) is 5.62. The van der Waals surface area contributed by atoms with Gasteiger partial charge in [-0.15, -0.1) is 0 Å². The topological polar surface area (TPSA) is 102 Å². The number of benzene rings is 2. The van der Waals surface area contributed by atoms with Crippen LogP contribution in [0.1, 0.15) is 5.56 Å². The van der Waals surface area contributed by atoms with Crippen LogP contribution in [0.4, 0.5) is 5.69 Å². The van der Waals surface area contributed by atoms with Crippen molar-refractivity contribution in [1.29, 1.82) is 0 Å². The molecular weight excluding hydrogens is 388 g/mol. The fraction of sp³-hybridized carbons (Fsp3) is 0.200. The third-order valence-corrected chi connectivity index (χ3v) is 6.54. The predicted molar refractivity (Wildman–Crippen MR) is 96.2 cm³/mol. The summed E-state index contributed by atoms with van der Waals surface area (Å²) in [5, 5.41) is 0.147. The average molecular weight is 405 g/mol. The van der Waals surface area contributed by atoms with Crippen molar-refractivity contribution in [2.45, 2.75) is 16.7 Å². The lowest BCUT2D eigenvalue weighted by atomic mass is 10.2. The maximum Gasteiger partial charge on any atom is 0.261 e. The van der Waals surface area contributed by atoms with E-state index >= 15 is 0 Å². The number of aryl methyl sites for hydroxylation is 1. The highest BCUT2D eigenvalue weighted by Crippen LogP contribution is 2.29. The van der Waals surface area contributed by atoms with Crippen LogP contribution in [0.5, 0.6) is 5.75 Å². The monoisotopic (exact) mass is 404 g/mol. The van der Waals surface area contributed by atoms with Gasteiger partial charge in [0.15, 0.2) is 0 Å². The van der Waals surface area contributed by atoms with Crippen LogP contribution in [-0.4, -0.2) is 31.0 Å². The summed E-state index contributed by atoms with van der Waals surface area (Å²) in [4.78, 5) is -0.120. The van der Waals surface area contributed by atoms with Crippen molar-refractivity contribution in [3.63, 3.8) is 0 Å². The number of sulfonamides is 2. The third-order valence-electron chi connectivity index (χ3n) is 3.47. The van der Waals surface area contributed by atoms with Crippen molar-refractivity contribution in [2.24, 2.45) is 0 Å². The van der Waals surface area contributed by atoms with Gasteiger partial charge in [-0.1, -0.05) is 17.7 Å². The molecular formula is C15H17ClN2O5S2. The number of ether oxygens (including phenoxy) is 1. The lowest BCUT2D eigenvalue weighted by Gasteiger charge is -2.13. The number of hydrogen-bond donors (Lipinski definition) is 2. The van der Waals surface area contributed by atoms with Gasteiger partial charge in [0, 0.05) is 0 Å². The van der Waals surface area contributed by atoms with Gasteiger partial charge >= 0.3 is 0 Å². The highest BCUT2D eigenvalue weighted by atomic mass is 35.5. The Morgan fingerprint density at radius 1 is 0.960 bits per heavy atom. The van der Waals surface area contributed by atoms with Gasteiger partial charge in [-0.3, -0.25) is 4.72 Å². The Bertz CT molecular complexity index is 1000. The van der Waals surface area contributed by atoms with E-state index in [1.807, 2.05) is 0 Å². The van der Waals surface area contributed by atoms with Crippen LogP contribution in [0.25, 0.3) is 0 Å². The second kappa shape index (κ2) is 7.20. The van der Waals surface area contributed by atoms with Crippen LogP contribution >= 0.6 is 11.6 Å². The Balaban J connectivity index is 2.44. The van der Waals surface area contributed by atoms with Crippen molar-refractivity contribution in [1.82, 2.24) is 4.72 Å². The number of anilines is 1. The molecule has 0 aliphatic rings. The van der Waals surface area contributed by atoms with Crippen molar-refractivity contribution >= 4 is 37.3 Å². The molecule has 25 heavy (non-hydrogen) atoms. The number of methoxy groups -OCH3 is 1. The smallest absolute Gasteiger partial charge is 0.261 e. The van der Waals surface area contributed by atoms with Gasteiger partial charge < -0.3 is 4.74 Å². The van der Waals surface area contributed by atoms with Gasteiger partial charge in [0.2, 0.25) is 10.0 Å². The molecule has 0 bridgehead atoms. The Morgan fingerprint density at radius 2 is 1.56 bits per heavy atom. The van der Waals surface area contributed by atoms with E-state index in [1.165, 1.54) is 50.6 Å². The Hall–Kier alpha value is -1.81. The SMILES string of the molecule is CNS(=O)(=O)c1ccc(C)c(NS(=O)(=O)c2ccc(OC)c(Cl)c2)c1. The molecule has 2 aromatic carbocycles. The molecule has 10 heteroatoms. The number of rotatable bonds is 6. The van der Waals surface area contributed by atoms with Gasteiger partial charge in [-0.05, 0) is 49.9 Å². The summed E-state index contributed by atoms with van der Waals surface area (Å²) in [7, 11) is -4.96. The van der Waals surface area contributed by atoms with Crippen LogP contribution in [0.3, 0.4) is 0 Å². The van der Waals surface area contributed by atoms with E-state index in [-0.39, 0.29) is 20.5 Å². The normalized spacial score (nSPS) is 12.0. The Morgan fingerprint density at radius 3 is 2.12 bits per heavy atom. The van der Waals surface area contributed by atoms with E-state index in [0.29, 0.717) is 11.3 Å². The summed E-state index contributed by atoms with van der Waals surface area (Å²) in [5.41, 5.74) is 0.724. The first-order chi connectivity index (χ1) is 11.6. The van der Waals surface area contributed by atoms with Crippen LogP contribution < -0.4 is 14.2 Å². The van der Waals surface area contributed by atoms with Gasteiger partial charge in [0.05, 0.1) is 27.6 Å². The molecule has 0 aliphatic heterocycles. The zero-order valence-electron chi connectivity index (χ0n) is 13.7. The zero-order valence-corrected chi connectivity index (χ0v) is 16.1. The van der Waals surface area contributed by atoms with Crippen molar-refractivity contribution in [2.75, 3.05) is 18.9 Å². The molecule has 0 spiro atoms. The van der Waals surface area contributed by atoms with E-state index in [1.54, 1.807) is 6.92 Å². The molecule has 136 valence electrons. The van der Waals surface area contributed by atoms with Crippen LogP contribution in [0.15, 0.2) is 46.2 Å². The van der Waals surface area contributed by atoms with Crippen molar-refractivity contribution in [3.05, 3.63) is 47.0 Å². The van der Waals surface area contributed by atoms with E-state index in [4.69, 9.17) is 16.3 Å². The molecule has 0 radical (unpaired) electrons. The lowest BCUT2D eigenvalue weighted by molar-refractivity contribution is 0.414. The third kappa shape index (κ3) is 4.24. The molecule has 0 fully saturated rings. The highest BCUT2D eigenvalue weighted by molar-refractivity contribution is 7.92. The van der Waals surface area contributed by atoms with Crippen LogP contribution in [0.2, 0.25) is 5.02 Å². The van der Waals surface area contributed by atoms with E-state index in [2.05, 4.69) is 9.44 Å². The summed E-state index contributed by atoms with van der Waals surface area (Å²) < 4.78 is 58.5. The van der Waals surface area contributed by atoms with Gasteiger partial charge in [0.25, 0.3) is 10.0 Å². The van der Waals surface area contributed by atoms with Crippen molar-refractivity contribution < 1.29 is 21.6 Å². The minimum Gasteiger partial charge on any atom is -0.495 e. The van der Waals surface area contributed by atoms with Crippen molar-refractivity contribution in [3.8, 4) is 5.75 Å². The lowest BCUT2D eigenvalue weighted by Crippen LogP contribution is -2.19. The van der Waals surface area contributed by atoms with Gasteiger partial charge in [-0.2, -0.15) is 0 Å². The zero-order chi connectivity index (χ0) is 18.8. The maximum atomic E-state index is 12.6. The van der Waals surface area contributed by atoms with E-state index in [9.17, 15) is 16.8 Å². The molecule has 0 aliphatic carbocycles. The minimum atomic E-state index is -3.96. The minimum absolute atomic E-state index is 0.0499. The second-order valence-corrected chi connectivity index (χ2v) is 9.06. The summed E-state index contributed by atoms with van der Waals surface area (Å²) in [5.74, 6) is 0.346. The molecule has 0 heterocycles. The Labute approximate surface area is 152 Å². The van der Waals surface area contributed by atoms with E-state index < -0.39 is 20.0 Å². The van der Waals surface area contributed by atoms with Gasteiger partial charge in [0.1, 0.15) is 5.75 Å². The first-order valence-corrected chi connectivity index (χ1v) is 10.4. The first kappa shape index (κ1) is 19.5. The fourth-order valence-electron chi connectivity index (χ4n) is 2.01. The number of hydrogen-bond acceptors (Lipinski definition) is 5. The summed E-state index contributed by atoms with van der Waals surface area (Å²) in [6.07, 6.45) is 0. The summed E-state index contributed by atoms with van der Waals surface area (Å²) in [6.45, 7) is 1.66. The van der Waals surface area contributed by atoms with Crippen LogP contribution in [0, 0.1) is 6.92 Å². The quantitative estimate of drug-likeness (QED) is 0.769.